The Kier molecular flexibility index (Phi) is 4.77. The minimum Gasteiger partial charge on any atom is -0.504 e. The summed E-state index contributed by atoms with van der Waals surface area (Å²) in [7, 11) is 0. The maximum absolute atomic E-state index is 12.9. The lowest BCUT2D eigenvalue weighted by atomic mass is 9.98. The van der Waals surface area contributed by atoms with E-state index in [2.05, 4.69) is 5.10 Å². The van der Waals surface area contributed by atoms with E-state index in [0.717, 1.165) is 22.3 Å². The van der Waals surface area contributed by atoms with Gasteiger partial charge >= 0.3 is 0 Å². The highest BCUT2D eigenvalue weighted by atomic mass is 16.5. The van der Waals surface area contributed by atoms with Crippen LogP contribution in [-0.4, -0.2) is 38.8 Å². The van der Waals surface area contributed by atoms with Crippen LogP contribution in [0.2, 0.25) is 0 Å². The molecule has 4 rings (SSSR count). The standard InChI is InChI=1S/C22H23N3O3/c1-3-25-14-18(12-23-25)22(27)24-8-9-28-21-17(13-24)10-16(11-20(21)26)19-7-5-4-6-15(19)2/h4-7,10-12,14,26H,3,8-9,13H2,1-2H3. The molecule has 0 saturated carbocycles. The number of hydrogen-bond acceptors (Lipinski definition) is 4. The van der Waals surface area contributed by atoms with Gasteiger partial charge in [0.05, 0.1) is 18.3 Å². The van der Waals surface area contributed by atoms with E-state index < -0.39 is 0 Å². The van der Waals surface area contributed by atoms with Gasteiger partial charge in [0, 0.05) is 24.8 Å². The van der Waals surface area contributed by atoms with Gasteiger partial charge in [0.2, 0.25) is 0 Å². The normalized spacial score (nSPS) is 13.6. The molecule has 2 heterocycles. The zero-order valence-electron chi connectivity index (χ0n) is 16.1. The zero-order valence-corrected chi connectivity index (χ0v) is 16.1. The third-order valence-corrected chi connectivity index (χ3v) is 5.06. The number of phenols is 1. The predicted molar refractivity (Wildman–Crippen MR) is 106 cm³/mol. The van der Waals surface area contributed by atoms with Crippen LogP contribution in [0.5, 0.6) is 11.5 Å². The fourth-order valence-corrected chi connectivity index (χ4v) is 3.55. The van der Waals surface area contributed by atoms with Crippen LogP contribution in [-0.2, 0) is 13.1 Å². The molecular formula is C22H23N3O3. The molecule has 0 radical (unpaired) electrons. The SMILES string of the molecule is CCn1cc(C(=O)N2CCOc3c(O)cc(-c4ccccc4C)cc3C2)cn1. The molecular weight excluding hydrogens is 354 g/mol. The van der Waals surface area contributed by atoms with Gasteiger partial charge in [0.25, 0.3) is 5.91 Å². The van der Waals surface area contributed by atoms with Crippen molar-refractivity contribution in [1.29, 1.82) is 0 Å². The van der Waals surface area contributed by atoms with Crippen molar-refractivity contribution in [3.05, 3.63) is 65.5 Å². The van der Waals surface area contributed by atoms with E-state index in [-0.39, 0.29) is 11.7 Å². The van der Waals surface area contributed by atoms with Crippen LogP contribution in [0.1, 0.15) is 28.4 Å². The molecule has 144 valence electrons. The highest BCUT2D eigenvalue weighted by Crippen LogP contribution is 2.38. The fraction of sp³-hybridized carbons (Fsp3) is 0.273. The van der Waals surface area contributed by atoms with Crippen LogP contribution in [0.4, 0.5) is 0 Å². The van der Waals surface area contributed by atoms with Crippen LogP contribution in [0.3, 0.4) is 0 Å². The summed E-state index contributed by atoms with van der Waals surface area (Å²) in [6, 6.07) is 11.7. The molecule has 2 aromatic carbocycles. The molecule has 1 N–H and O–H groups in total. The third kappa shape index (κ3) is 3.33. The van der Waals surface area contributed by atoms with Crippen molar-refractivity contribution in [2.45, 2.75) is 26.9 Å². The summed E-state index contributed by atoms with van der Waals surface area (Å²) in [5.74, 6) is 0.470. The smallest absolute Gasteiger partial charge is 0.257 e. The quantitative estimate of drug-likeness (QED) is 0.757. The predicted octanol–water partition coefficient (Wildman–Crippen LogP) is 3.62. The van der Waals surface area contributed by atoms with Crippen molar-refractivity contribution in [3.8, 4) is 22.6 Å². The Hall–Kier alpha value is -3.28. The van der Waals surface area contributed by atoms with E-state index in [0.29, 0.717) is 37.6 Å². The van der Waals surface area contributed by atoms with E-state index in [4.69, 9.17) is 4.74 Å². The van der Waals surface area contributed by atoms with Gasteiger partial charge in [-0.15, -0.1) is 0 Å². The van der Waals surface area contributed by atoms with Crippen molar-refractivity contribution in [2.24, 2.45) is 0 Å². The lowest BCUT2D eigenvalue weighted by molar-refractivity contribution is 0.0733. The monoisotopic (exact) mass is 377 g/mol. The van der Waals surface area contributed by atoms with Crippen LogP contribution >= 0.6 is 0 Å². The van der Waals surface area contributed by atoms with E-state index >= 15 is 0 Å². The minimum absolute atomic E-state index is 0.0862. The molecule has 0 bridgehead atoms. The number of amides is 1. The Labute approximate surface area is 164 Å². The van der Waals surface area contributed by atoms with Crippen molar-refractivity contribution < 1.29 is 14.6 Å². The number of ether oxygens (including phenoxy) is 1. The van der Waals surface area contributed by atoms with Gasteiger partial charge in [0.1, 0.15) is 6.61 Å². The molecule has 0 atom stereocenters. The number of aromatic hydroxyl groups is 1. The number of carbonyl (C=O) groups excluding carboxylic acids is 1. The van der Waals surface area contributed by atoms with Crippen LogP contribution < -0.4 is 4.74 Å². The van der Waals surface area contributed by atoms with E-state index in [9.17, 15) is 9.90 Å². The van der Waals surface area contributed by atoms with Crippen molar-refractivity contribution in [1.82, 2.24) is 14.7 Å². The number of benzene rings is 2. The number of rotatable bonds is 3. The summed E-state index contributed by atoms with van der Waals surface area (Å²) in [5.41, 5.74) is 4.44. The average Bonchev–Trinajstić information content (AvgIpc) is 3.07. The zero-order chi connectivity index (χ0) is 19.7. The molecule has 1 amide bonds. The van der Waals surface area contributed by atoms with Crippen LogP contribution in [0, 0.1) is 6.92 Å². The molecule has 6 nitrogen and oxygen atoms in total. The average molecular weight is 377 g/mol. The largest absolute Gasteiger partial charge is 0.504 e. The molecule has 6 heteroatoms. The number of hydrogen-bond donors (Lipinski definition) is 1. The van der Waals surface area contributed by atoms with Crippen LogP contribution in [0.25, 0.3) is 11.1 Å². The summed E-state index contributed by atoms with van der Waals surface area (Å²) < 4.78 is 7.51. The molecule has 0 spiro atoms. The maximum Gasteiger partial charge on any atom is 0.257 e. The van der Waals surface area contributed by atoms with Gasteiger partial charge in [-0.1, -0.05) is 24.3 Å². The Morgan fingerprint density at radius 2 is 2.11 bits per heavy atom. The lowest BCUT2D eigenvalue weighted by Gasteiger charge is -2.19. The number of nitrogens with zero attached hydrogens (tertiary/aromatic N) is 3. The summed E-state index contributed by atoms with van der Waals surface area (Å²) in [5, 5.41) is 14.7. The first-order valence-electron chi connectivity index (χ1n) is 9.43. The second kappa shape index (κ2) is 7.38. The summed E-state index contributed by atoms with van der Waals surface area (Å²) in [6.45, 7) is 5.89. The second-order valence-corrected chi connectivity index (χ2v) is 6.96. The topological polar surface area (TPSA) is 67.6 Å². The second-order valence-electron chi connectivity index (χ2n) is 6.96. The Morgan fingerprint density at radius 3 is 2.86 bits per heavy atom. The minimum atomic E-state index is -0.0862. The number of phenolic OH excluding ortho intramolecular Hbond substituents is 1. The number of aryl methyl sites for hydroxylation is 2. The Bertz CT molecular complexity index is 1030. The lowest BCUT2D eigenvalue weighted by Crippen LogP contribution is -2.32. The van der Waals surface area contributed by atoms with Gasteiger partial charge in [-0.2, -0.15) is 5.10 Å². The Morgan fingerprint density at radius 1 is 1.29 bits per heavy atom. The van der Waals surface area contributed by atoms with Gasteiger partial charge in [0.15, 0.2) is 11.5 Å². The van der Waals surface area contributed by atoms with Gasteiger partial charge in [-0.05, 0) is 42.7 Å². The first kappa shape index (κ1) is 18.1. The van der Waals surface area contributed by atoms with Crippen LogP contribution in [0.15, 0.2) is 48.8 Å². The molecule has 28 heavy (non-hydrogen) atoms. The van der Waals surface area contributed by atoms with E-state index in [1.807, 2.05) is 44.2 Å². The summed E-state index contributed by atoms with van der Waals surface area (Å²) in [4.78, 5) is 14.7. The Balaban J connectivity index is 1.68. The molecule has 3 aromatic rings. The maximum atomic E-state index is 12.9. The summed E-state index contributed by atoms with van der Waals surface area (Å²) >= 11 is 0. The molecule has 1 aromatic heterocycles. The first-order chi connectivity index (χ1) is 13.6. The van der Waals surface area contributed by atoms with Gasteiger partial charge < -0.3 is 14.7 Å². The third-order valence-electron chi connectivity index (χ3n) is 5.06. The van der Waals surface area contributed by atoms with E-state index in [1.165, 1.54) is 0 Å². The molecule has 0 saturated heterocycles. The van der Waals surface area contributed by atoms with Gasteiger partial charge in [-0.3, -0.25) is 9.48 Å². The molecule has 0 aliphatic carbocycles. The highest BCUT2D eigenvalue weighted by molar-refractivity contribution is 5.93. The number of carbonyl (C=O) groups is 1. The van der Waals surface area contributed by atoms with Crippen molar-refractivity contribution in [2.75, 3.05) is 13.2 Å². The first-order valence-corrected chi connectivity index (χ1v) is 9.43. The van der Waals surface area contributed by atoms with Crippen molar-refractivity contribution in [3.63, 3.8) is 0 Å². The molecule has 1 aliphatic rings. The van der Waals surface area contributed by atoms with Crippen molar-refractivity contribution >= 4 is 5.91 Å². The number of fused-ring (bicyclic) bond motifs is 1. The molecule has 0 fully saturated rings. The molecule has 1 aliphatic heterocycles. The van der Waals surface area contributed by atoms with Gasteiger partial charge in [-0.25, -0.2) is 0 Å². The van der Waals surface area contributed by atoms with E-state index in [1.54, 1.807) is 28.0 Å². The summed E-state index contributed by atoms with van der Waals surface area (Å²) in [6.07, 6.45) is 3.36. The highest BCUT2D eigenvalue weighted by Gasteiger charge is 2.24. The fourth-order valence-electron chi connectivity index (χ4n) is 3.55. The number of aromatic nitrogens is 2. The molecule has 0 unspecified atom stereocenters.